The van der Waals surface area contributed by atoms with Crippen LogP contribution in [0.3, 0.4) is 0 Å². The zero-order valence-electron chi connectivity index (χ0n) is 10.5. The summed E-state index contributed by atoms with van der Waals surface area (Å²) in [5, 5.41) is 2.87. The minimum atomic E-state index is -0.134. The molecule has 0 fully saturated rings. The third-order valence-corrected chi connectivity index (χ3v) is 3.27. The van der Waals surface area contributed by atoms with Gasteiger partial charge in [0.1, 0.15) is 18.1 Å². The fraction of sp³-hybridized carbons (Fsp3) is 0.267. The van der Waals surface area contributed by atoms with Crippen LogP contribution >= 0.6 is 0 Å². The predicted octanol–water partition coefficient (Wildman–Crippen LogP) is 2.15. The first-order valence-electron chi connectivity index (χ1n) is 6.34. The minimum absolute atomic E-state index is 0.00547. The Morgan fingerprint density at radius 1 is 1.26 bits per heavy atom. The summed E-state index contributed by atoms with van der Waals surface area (Å²) >= 11 is 0. The van der Waals surface area contributed by atoms with Crippen molar-refractivity contribution in [2.24, 2.45) is 5.92 Å². The second kappa shape index (κ2) is 5.18. The van der Waals surface area contributed by atoms with Crippen LogP contribution in [0, 0.1) is 5.92 Å². The number of para-hydroxylation sites is 1. The van der Waals surface area contributed by atoms with Gasteiger partial charge in [0, 0.05) is 0 Å². The summed E-state index contributed by atoms with van der Waals surface area (Å²) in [6, 6.07) is 11.5. The van der Waals surface area contributed by atoms with Gasteiger partial charge in [-0.2, -0.15) is 0 Å². The Bertz CT molecular complexity index is 563. The molecule has 1 unspecified atom stereocenters. The van der Waals surface area contributed by atoms with E-state index in [4.69, 9.17) is 9.15 Å². The third kappa shape index (κ3) is 2.62. The van der Waals surface area contributed by atoms with Crippen LogP contribution < -0.4 is 10.1 Å². The third-order valence-electron chi connectivity index (χ3n) is 3.27. The van der Waals surface area contributed by atoms with Crippen LogP contribution in [0.25, 0.3) is 0 Å². The van der Waals surface area contributed by atoms with Crippen LogP contribution in [0.15, 0.2) is 47.1 Å². The normalized spacial score (nSPS) is 17.4. The quantitative estimate of drug-likeness (QED) is 0.916. The Kier molecular flexibility index (Phi) is 3.23. The van der Waals surface area contributed by atoms with Gasteiger partial charge in [0.15, 0.2) is 0 Å². The number of amides is 1. The van der Waals surface area contributed by atoms with Crippen LogP contribution in [-0.2, 0) is 17.8 Å². The van der Waals surface area contributed by atoms with Gasteiger partial charge in [-0.1, -0.05) is 18.2 Å². The standard InChI is InChI=1S/C15H15NO3/c17-15(16-9-13-5-3-7-18-13)12-8-11-4-1-2-6-14(11)19-10-12/h1-7,12H,8-10H2,(H,16,17). The van der Waals surface area contributed by atoms with Crippen molar-refractivity contribution in [3.8, 4) is 5.75 Å². The number of carbonyl (C=O) groups excluding carboxylic acids is 1. The number of hydrogen-bond donors (Lipinski definition) is 1. The van der Waals surface area contributed by atoms with Crippen molar-refractivity contribution < 1.29 is 13.9 Å². The van der Waals surface area contributed by atoms with Crippen LogP contribution in [0.4, 0.5) is 0 Å². The van der Waals surface area contributed by atoms with Crippen molar-refractivity contribution >= 4 is 5.91 Å². The average molecular weight is 257 g/mol. The topological polar surface area (TPSA) is 51.5 Å². The van der Waals surface area contributed by atoms with Crippen LogP contribution in [-0.4, -0.2) is 12.5 Å². The lowest BCUT2D eigenvalue weighted by molar-refractivity contribution is -0.126. The molecule has 1 atom stereocenters. The van der Waals surface area contributed by atoms with Crippen molar-refractivity contribution in [2.45, 2.75) is 13.0 Å². The van der Waals surface area contributed by atoms with Gasteiger partial charge in [-0.15, -0.1) is 0 Å². The second-order valence-electron chi connectivity index (χ2n) is 4.62. The number of furan rings is 1. The zero-order chi connectivity index (χ0) is 13.1. The fourth-order valence-electron chi connectivity index (χ4n) is 2.23. The molecule has 0 spiro atoms. The Morgan fingerprint density at radius 3 is 3.00 bits per heavy atom. The lowest BCUT2D eigenvalue weighted by atomic mass is 9.96. The largest absolute Gasteiger partial charge is 0.492 e. The van der Waals surface area contributed by atoms with Gasteiger partial charge >= 0.3 is 0 Å². The highest BCUT2D eigenvalue weighted by Gasteiger charge is 2.25. The lowest BCUT2D eigenvalue weighted by Gasteiger charge is -2.24. The average Bonchev–Trinajstić information content (AvgIpc) is 2.97. The van der Waals surface area contributed by atoms with Gasteiger partial charge in [-0.05, 0) is 30.2 Å². The van der Waals surface area contributed by atoms with Gasteiger partial charge in [0.25, 0.3) is 0 Å². The molecule has 0 saturated heterocycles. The Hall–Kier alpha value is -2.23. The first-order chi connectivity index (χ1) is 9.33. The summed E-state index contributed by atoms with van der Waals surface area (Å²) in [4.78, 5) is 12.1. The molecule has 0 radical (unpaired) electrons. The molecule has 1 amide bonds. The molecular weight excluding hydrogens is 242 g/mol. The SMILES string of the molecule is O=C(NCc1ccco1)C1COc2ccccc2C1. The Morgan fingerprint density at radius 2 is 2.16 bits per heavy atom. The maximum atomic E-state index is 12.1. The number of ether oxygens (including phenoxy) is 1. The second-order valence-corrected chi connectivity index (χ2v) is 4.62. The summed E-state index contributed by atoms with van der Waals surface area (Å²) in [7, 11) is 0. The maximum Gasteiger partial charge on any atom is 0.227 e. The number of fused-ring (bicyclic) bond motifs is 1. The van der Waals surface area contributed by atoms with Gasteiger partial charge in [0.05, 0.1) is 18.7 Å². The molecule has 1 aliphatic heterocycles. The monoisotopic (exact) mass is 257 g/mol. The van der Waals surface area contributed by atoms with E-state index in [1.54, 1.807) is 12.3 Å². The summed E-state index contributed by atoms with van der Waals surface area (Å²) < 4.78 is 10.8. The van der Waals surface area contributed by atoms with E-state index >= 15 is 0 Å². The van der Waals surface area contributed by atoms with E-state index in [1.165, 1.54) is 0 Å². The molecular formula is C15H15NO3. The van der Waals surface area contributed by atoms with Crippen LogP contribution in [0.2, 0.25) is 0 Å². The van der Waals surface area contributed by atoms with E-state index in [0.717, 1.165) is 23.5 Å². The van der Waals surface area contributed by atoms with Crippen molar-refractivity contribution in [2.75, 3.05) is 6.61 Å². The zero-order valence-corrected chi connectivity index (χ0v) is 10.5. The fourth-order valence-corrected chi connectivity index (χ4v) is 2.23. The highest BCUT2D eigenvalue weighted by molar-refractivity contribution is 5.79. The summed E-state index contributed by atoms with van der Waals surface area (Å²) in [6.07, 6.45) is 2.32. The molecule has 98 valence electrons. The molecule has 1 aliphatic rings. The molecule has 1 aromatic carbocycles. The summed E-state index contributed by atoms with van der Waals surface area (Å²) in [6.45, 7) is 0.852. The van der Waals surface area contributed by atoms with E-state index in [-0.39, 0.29) is 11.8 Å². The highest BCUT2D eigenvalue weighted by Crippen LogP contribution is 2.26. The molecule has 1 N–H and O–H groups in total. The van der Waals surface area contributed by atoms with Crippen LogP contribution in [0.1, 0.15) is 11.3 Å². The van der Waals surface area contributed by atoms with Crippen molar-refractivity contribution in [3.05, 3.63) is 54.0 Å². The Balaban J connectivity index is 1.60. The molecule has 2 heterocycles. The smallest absolute Gasteiger partial charge is 0.227 e. The van der Waals surface area contributed by atoms with E-state index in [9.17, 15) is 4.79 Å². The first kappa shape index (κ1) is 11.8. The predicted molar refractivity (Wildman–Crippen MR) is 69.7 cm³/mol. The highest BCUT2D eigenvalue weighted by atomic mass is 16.5. The number of hydrogen-bond acceptors (Lipinski definition) is 3. The number of carbonyl (C=O) groups is 1. The van der Waals surface area contributed by atoms with Gasteiger partial charge < -0.3 is 14.5 Å². The molecule has 0 bridgehead atoms. The summed E-state index contributed by atoms with van der Waals surface area (Å²) in [5.74, 6) is 1.51. The molecule has 4 nitrogen and oxygen atoms in total. The van der Waals surface area contributed by atoms with Gasteiger partial charge in [-0.3, -0.25) is 4.79 Å². The molecule has 19 heavy (non-hydrogen) atoms. The van der Waals surface area contributed by atoms with Gasteiger partial charge in [-0.25, -0.2) is 0 Å². The van der Waals surface area contributed by atoms with E-state index in [1.807, 2.05) is 30.3 Å². The number of benzene rings is 1. The molecule has 3 rings (SSSR count). The molecule has 1 aromatic heterocycles. The van der Waals surface area contributed by atoms with Gasteiger partial charge in [0.2, 0.25) is 5.91 Å². The minimum Gasteiger partial charge on any atom is -0.492 e. The van der Waals surface area contributed by atoms with E-state index in [2.05, 4.69) is 5.32 Å². The number of rotatable bonds is 3. The first-order valence-corrected chi connectivity index (χ1v) is 6.34. The Labute approximate surface area is 111 Å². The van der Waals surface area contributed by atoms with Crippen molar-refractivity contribution in [1.29, 1.82) is 0 Å². The lowest BCUT2D eigenvalue weighted by Crippen LogP contribution is -2.36. The van der Waals surface area contributed by atoms with Crippen molar-refractivity contribution in [3.63, 3.8) is 0 Å². The van der Waals surface area contributed by atoms with E-state index in [0.29, 0.717) is 13.2 Å². The number of nitrogens with one attached hydrogen (secondary N) is 1. The molecule has 4 heteroatoms. The summed E-state index contributed by atoms with van der Waals surface area (Å²) in [5.41, 5.74) is 1.09. The molecule has 0 saturated carbocycles. The van der Waals surface area contributed by atoms with Crippen molar-refractivity contribution in [1.82, 2.24) is 5.32 Å². The van der Waals surface area contributed by atoms with Crippen LogP contribution in [0.5, 0.6) is 5.75 Å². The molecule has 0 aliphatic carbocycles. The van der Waals surface area contributed by atoms with E-state index < -0.39 is 0 Å². The molecule has 2 aromatic rings. The maximum absolute atomic E-state index is 12.1.